The number of thiophene rings is 1. The highest BCUT2D eigenvalue weighted by Crippen LogP contribution is 2.21. The molecule has 62 valence electrons. The maximum absolute atomic E-state index is 3.39. The monoisotopic (exact) mass is 169 g/mol. The first-order valence-corrected chi connectivity index (χ1v) is 4.85. The maximum Gasteiger partial charge on any atom is 0.0386 e. The van der Waals surface area contributed by atoms with Crippen LogP contribution in [0, 0.1) is 6.92 Å². The average molecular weight is 169 g/mol. The van der Waals surface area contributed by atoms with Crippen molar-refractivity contribution in [3.63, 3.8) is 0 Å². The Morgan fingerprint density at radius 3 is 2.73 bits per heavy atom. The van der Waals surface area contributed by atoms with Gasteiger partial charge in [0.15, 0.2) is 0 Å². The molecule has 0 spiro atoms. The molecule has 1 aromatic heterocycles. The van der Waals surface area contributed by atoms with Gasteiger partial charge < -0.3 is 5.32 Å². The Kier molecular flexibility index (Phi) is 3.09. The minimum Gasteiger partial charge on any atom is -0.310 e. The first-order valence-electron chi connectivity index (χ1n) is 4.03. The van der Waals surface area contributed by atoms with E-state index in [4.69, 9.17) is 0 Å². The van der Waals surface area contributed by atoms with Gasteiger partial charge >= 0.3 is 0 Å². The fourth-order valence-electron chi connectivity index (χ4n) is 1.09. The molecule has 1 N–H and O–H groups in total. The van der Waals surface area contributed by atoms with Crippen LogP contribution < -0.4 is 5.32 Å². The van der Waals surface area contributed by atoms with Gasteiger partial charge in [-0.2, -0.15) is 0 Å². The molecule has 1 aromatic rings. The van der Waals surface area contributed by atoms with Gasteiger partial charge in [0.05, 0.1) is 0 Å². The van der Waals surface area contributed by atoms with Gasteiger partial charge in [-0.1, -0.05) is 6.92 Å². The Morgan fingerprint density at radius 2 is 2.27 bits per heavy atom. The number of hydrogen-bond acceptors (Lipinski definition) is 2. The summed E-state index contributed by atoms with van der Waals surface area (Å²) in [6.07, 6.45) is 0. The van der Waals surface area contributed by atoms with Crippen molar-refractivity contribution in [2.45, 2.75) is 26.8 Å². The van der Waals surface area contributed by atoms with Crippen LogP contribution in [-0.2, 0) is 0 Å². The summed E-state index contributed by atoms with van der Waals surface area (Å²) in [6, 6.07) is 4.89. The van der Waals surface area contributed by atoms with E-state index in [0.29, 0.717) is 6.04 Å². The van der Waals surface area contributed by atoms with Crippen molar-refractivity contribution in [1.29, 1.82) is 0 Å². The first-order chi connectivity index (χ1) is 5.24. The van der Waals surface area contributed by atoms with E-state index in [-0.39, 0.29) is 0 Å². The minimum atomic E-state index is 0.513. The van der Waals surface area contributed by atoms with Crippen LogP contribution in [0.2, 0.25) is 0 Å². The van der Waals surface area contributed by atoms with Gasteiger partial charge in [-0.25, -0.2) is 0 Å². The number of nitrogens with one attached hydrogen (secondary N) is 1. The third-order valence-electron chi connectivity index (χ3n) is 1.70. The number of aryl methyl sites for hydroxylation is 1. The van der Waals surface area contributed by atoms with Crippen LogP contribution in [0.4, 0.5) is 0 Å². The Hall–Kier alpha value is -0.340. The zero-order valence-electron chi connectivity index (χ0n) is 7.35. The molecular formula is C9H15NS. The summed E-state index contributed by atoms with van der Waals surface area (Å²) < 4.78 is 0. The lowest BCUT2D eigenvalue weighted by atomic mass is 10.3. The second-order valence-electron chi connectivity index (χ2n) is 2.73. The molecule has 1 atom stereocenters. The molecule has 0 bridgehead atoms. The van der Waals surface area contributed by atoms with Crippen LogP contribution in [0.3, 0.4) is 0 Å². The molecule has 0 radical (unpaired) electrons. The molecule has 0 aliphatic heterocycles. The first kappa shape index (κ1) is 8.75. The fourth-order valence-corrected chi connectivity index (χ4v) is 2.00. The van der Waals surface area contributed by atoms with Crippen molar-refractivity contribution in [2.75, 3.05) is 6.54 Å². The molecule has 0 saturated carbocycles. The van der Waals surface area contributed by atoms with Gasteiger partial charge in [0.2, 0.25) is 0 Å². The summed E-state index contributed by atoms with van der Waals surface area (Å²) in [5, 5.41) is 3.39. The van der Waals surface area contributed by atoms with Crippen LogP contribution in [0.1, 0.15) is 29.6 Å². The van der Waals surface area contributed by atoms with Gasteiger partial charge in [-0.05, 0) is 32.5 Å². The van der Waals surface area contributed by atoms with Crippen LogP contribution in [0.25, 0.3) is 0 Å². The van der Waals surface area contributed by atoms with Crippen LogP contribution in [-0.4, -0.2) is 6.54 Å². The highest BCUT2D eigenvalue weighted by Gasteiger charge is 2.04. The summed E-state index contributed by atoms with van der Waals surface area (Å²) in [5.74, 6) is 0. The maximum atomic E-state index is 3.39. The summed E-state index contributed by atoms with van der Waals surface area (Å²) >= 11 is 1.87. The number of hydrogen-bond donors (Lipinski definition) is 1. The zero-order chi connectivity index (χ0) is 8.27. The summed E-state index contributed by atoms with van der Waals surface area (Å²) in [4.78, 5) is 2.83. The van der Waals surface area contributed by atoms with Gasteiger partial charge in [0, 0.05) is 15.8 Å². The van der Waals surface area contributed by atoms with Gasteiger partial charge in [0.1, 0.15) is 0 Å². The highest BCUT2D eigenvalue weighted by atomic mass is 32.1. The van der Waals surface area contributed by atoms with E-state index in [0.717, 1.165) is 6.54 Å². The normalized spacial score (nSPS) is 13.4. The molecule has 1 unspecified atom stereocenters. The zero-order valence-corrected chi connectivity index (χ0v) is 8.16. The highest BCUT2D eigenvalue weighted by molar-refractivity contribution is 7.12. The molecule has 0 fully saturated rings. The molecule has 1 heterocycles. The van der Waals surface area contributed by atoms with E-state index in [1.807, 2.05) is 11.3 Å². The third-order valence-corrected chi connectivity index (χ3v) is 2.88. The second kappa shape index (κ2) is 3.88. The third kappa shape index (κ3) is 2.31. The summed E-state index contributed by atoms with van der Waals surface area (Å²) in [7, 11) is 0. The van der Waals surface area contributed by atoms with Crippen LogP contribution in [0.5, 0.6) is 0 Å². The van der Waals surface area contributed by atoms with E-state index in [2.05, 4.69) is 38.2 Å². The molecule has 0 aliphatic carbocycles. The predicted molar refractivity (Wildman–Crippen MR) is 51.1 cm³/mol. The van der Waals surface area contributed by atoms with Gasteiger partial charge in [-0.3, -0.25) is 0 Å². The molecule has 0 aliphatic rings. The lowest BCUT2D eigenvalue weighted by Crippen LogP contribution is -2.16. The van der Waals surface area contributed by atoms with Gasteiger partial charge in [-0.15, -0.1) is 11.3 Å². The topological polar surface area (TPSA) is 12.0 Å². The Morgan fingerprint density at radius 1 is 1.55 bits per heavy atom. The molecule has 1 rings (SSSR count). The lowest BCUT2D eigenvalue weighted by molar-refractivity contribution is 0.607. The van der Waals surface area contributed by atoms with Crippen molar-refractivity contribution < 1.29 is 0 Å². The van der Waals surface area contributed by atoms with Gasteiger partial charge in [0.25, 0.3) is 0 Å². The molecular weight excluding hydrogens is 154 g/mol. The van der Waals surface area contributed by atoms with Crippen LogP contribution >= 0.6 is 11.3 Å². The largest absolute Gasteiger partial charge is 0.310 e. The average Bonchev–Trinajstić information content (AvgIpc) is 2.36. The van der Waals surface area contributed by atoms with Crippen molar-refractivity contribution >= 4 is 11.3 Å². The SMILES string of the molecule is CCNC(C)c1ccc(C)s1. The Bertz CT molecular complexity index is 217. The number of rotatable bonds is 3. The lowest BCUT2D eigenvalue weighted by Gasteiger charge is -2.08. The van der Waals surface area contributed by atoms with Crippen LogP contribution in [0.15, 0.2) is 12.1 Å². The second-order valence-corrected chi connectivity index (χ2v) is 4.05. The van der Waals surface area contributed by atoms with E-state index < -0.39 is 0 Å². The molecule has 0 amide bonds. The summed E-state index contributed by atoms with van der Waals surface area (Å²) in [5.41, 5.74) is 0. The van der Waals surface area contributed by atoms with Crippen molar-refractivity contribution in [3.8, 4) is 0 Å². The molecule has 2 heteroatoms. The van der Waals surface area contributed by atoms with E-state index in [9.17, 15) is 0 Å². The molecule has 11 heavy (non-hydrogen) atoms. The van der Waals surface area contributed by atoms with E-state index in [1.54, 1.807) is 0 Å². The Balaban J connectivity index is 2.60. The van der Waals surface area contributed by atoms with E-state index in [1.165, 1.54) is 9.75 Å². The smallest absolute Gasteiger partial charge is 0.0386 e. The van der Waals surface area contributed by atoms with Crippen molar-refractivity contribution in [1.82, 2.24) is 5.32 Å². The molecule has 0 saturated heterocycles. The quantitative estimate of drug-likeness (QED) is 0.733. The van der Waals surface area contributed by atoms with Crippen molar-refractivity contribution in [3.05, 3.63) is 21.9 Å². The summed E-state index contributed by atoms with van der Waals surface area (Å²) in [6.45, 7) is 7.52. The standard InChI is InChI=1S/C9H15NS/c1-4-10-8(3)9-6-5-7(2)11-9/h5-6,8,10H,4H2,1-3H3. The van der Waals surface area contributed by atoms with Crippen molar-refractivity contribution in [2.24, 2.45) is 0 Å². The fraction of sp³-hybridized carbons (Fsp3) is 0.556. The van der Waals surface area contributed by atoms with E-state index >= 15 is 0 Å². The molecule has 1 nitrogen and oxygen atoms in total. The minimum absolute atomic E-state index is 0.513. The Labute approximate surface area is 72.4 Å². The molecule has 0 aromatic carbocycles. The predicted octanol–water partition coefficient (Wildman–Crippen LogP) is 2.73.